The molecule has 0 spiro atoms. The van der Waals surface area contributed by atoms with Crippen molar-refractivity contribution in [2.75, 3.05) is 25.6 Å². The summed E-state index contributed by atoms with van der Waals surface area (Å²) in [5.74, 6) is 1.48. The number of amides is 1. The van der Waals surface area contributed by atoms with Gasteiger partial charge in [0.2, 0.25) is 6.79 Å². The molecule has 0 saturated carbocycles. The first-order valence-electron chi connectivity index (χ1n) is 12.5. The third-order valence-electron chi connectivity index (χ3n) is 5.68. The molecule has 1 aliphatic heterocycles. The molecule has 0 unspecified atom stereocenters. The SMILES string of the molecule is CCc1cc2c(cc1Sc1nc3c(N)ccnc3n1CCN(CC(C)(C)C)C(=O)OC(C)(C)C)OCO2. The fourth-order valence-corrected chi connectivity index (χ4v) is 5.21. The van der Waals surface area contributed by atoms with Crippen LogP contribution in [0.5, 0.6) is 11.5 Å². The maximum atomic E-state index is 13.1. The topological polar surface area (TPSA) is 105 Å². The molecular weight excluding hydrogens is 490 g/mol. The average molecular weight is 528 g/mol. The number of benzene rings is 1. The van der Waals surface area contributed by atoms with Gasteiger partial charge in [-0.15, -0.1) is 0 Å². The van der Waals surface area contributed by atoms with Crippen LogP contribution >= 0.6 is 11.8 Å². The van der Waals surface area contributed by atoms with Gasteiger partial charge in [-0.05, 0) is 56.4 Å². The maximum absolute atomic E-state index is 13.1. The third-order valence-corrected chi connectivity index (χ3v) is 6.77. The number of carbonyl (C=O) groups is 1. The Balaban J connectivity index is 1.68. The summed E-state index contributed by atoms with van der Waals surface area (Å²) in [5, 5.41) is 0.744. The molecule has 0 saturated heterocycles. The van der Waals surface area contributed by atoms with E-state index in [1.54, 1.807) is 17.2 Å². The largest absolute Gasteiger partial charge is 0.454 e. The number of aryl methyl sites for hydroxylation is 1. The molecule has 0 bridgehead atoms. The van der Waals surface area contributed by atoms with Crippen LogP contribution in [0.15, 0.2) is 34.4 Å². The van der Waals surface area contributed by atoms with Crippen molar-refractivity contribution in [1.82, 2.24) is 19.4 Å². The number of pyridine rings is 1. The normalized spacial score (nSPS) is 13.3. The number of hydrogen-bond donors (Lipinski definition) is 1. The number of rotatable bonds is 7. The number of imidazole rings is 1. The Morgan fingerprint density at radius 2 is 1.89 bits per heavy atom. The molecule has 0 fully saturated rings. The van der Waals surface area contributed by atoms with E-state index >= 15 is 0 Å². The highest BCUT2D eigenvalue weighted by Gasteiger charge is 2.27. The van der Waals surface area contributed by atoms with Gasteiger partial charge in [-0.3, -0.25) is 0 Å². The van der Waals surface area contributed by atoms with E-state index in [9.17, 15) is 4.79 Å². The fourth-order valence-electron chi connectivity index (χ4n) is 4.09. The van der Waals surface area contributed by atoms with E-state index in [4.69, 9.17) is 24.9 Å². The first-order valence-corrected chi connectivity index (χ1v) is 13.4. The highest BCUT2D eigenvalue weighted by Crippen LogP contribution is 2.41. The molecule has 9 nitrogen and oxygen atoms in total. The van der Waals surface area contributed by atoms with Gasteiger partial charge in [-0.1, -0.05) is 39.5 Å². The number of nitrogens with zero attached hydrogens (tertiary/aromatic N) is 4. The van der Waals surface area contributed by atoms with Crippen molar-refractivity contribution in [2.45, 2.75) is 77.1 Å². The highest BCUT2D eigenvalue weighted by atomic mass is 32.2. The molecule has 3 heterocycles. The molecule has 200 valence electrons. The highest BCUT2D eigenvalue weighted by molar-refractivity contribution is 7.99. The fraction of sp³-hybridized carbons (Fsp3) is 0.519. The van der Waals surface area contributed by atoms with Crippen LogP contribution in [-0.2, 0) is 17.7 Å². The molecule has 1 aliphatic rings. The Labute approximate surface area is 222 Å². The van der Waals surface area contributed by atoms with Crippen LogP contribution < -0.4 is 15.2 Å². The Morgan fingerprint density at radius 1 is 1.19 bits per heavy atom. The standard InChI is InChI=1S/C27H37N5O4S/c1-8-17-13-19-20(35-16-34-19)14-21(17)37-24-30-22-18(28)9-10-29-23(22)32(24)12-11-31(15-26(2,3)4)25(33)36-27(5,6)7/h9-10,13-14H,8,11-12,15-16H2,1-7H3,(H2,28,29). The minimum atomic E-state index is -0.582. The van der Waals surface area contributed by atoms with Crippen LogP contribution in [0.25, 0.3) is 11.2 Å². The molecule has 0 radical (unpaired) electrons. The number of ether oxygens (including phenoxy) is 3. The van der Waals surface area contributed by atoms with Gasteiger partial charge in [-0.2, -0.15) is 0 Å². The monoisotopic (exact) mass is 527 g/mol. The van der Waals surface area contributed by atoms with Crippen molar-refractivity contribution in [3.63, 3.8) is 0 Å². The minimum Gasteiger partial charge on any atom is -0.454 e. The lowest BCUT2D eigenvalue weighted by atomic mass is 9.96. The lowest BCUT2D eigenvalue weighted by Crippen LogP contribution is -2.42. The van der Waals surface area contributed by atoms with Gasteiger partial charge in [0, 0.05) is 30.7 Å². The van der Waals surface area contributed by atoms with E-state index in [1.165, 1.54) is 11.8 Å². The summed E-state index contributed by atoms with van der Waals surface area (Å²) in [4.78, 5) is 25.3. The van der Waals surface area contributed by atoms with E-state index in [0.717, 1.165) is 33.5 Å². The van der Waals surface area contributed by atoms with Crippen molar-refractivity contribution in [1.29, 1.82) is 0 Å². The van der Waals surface area contributed by atoms with E-state index in [-0.39, 0.29) is 18.3 Å². The zero-order chi connectivity index (χ0) is 27.0. The molecule has 2 N–H and O–H groups in total. The zero-order valence-electron chi connectivity index (χ0n) is 22.8. The second-order valence-corrected chi connectivity index (χ2v) is 12.4. The Morgan fingerprint density at radius 3 is 2.54 bits per heavy atom. The first kappa shape index (κ1) is 26.9. The maximum Gasteiger partial charge on any atom is 0.410 e. The van der Waals surface area contributed by atoms with Crippen molar-refractivity contribution in [3.8, 4) is 11.5 Å². The number of hydrogen-bond acceptors (Lipinski definition) is 8. The number of nitrogen functional groups attached to an aromatic ring is 1. The summed E-state index contributed by atoms with van der Waals surface area (Å²) in [6, 6.07) is 5.77. The van der Waals surface area contributed by atoms with Gasteiger partial charge < -0.3 is 29.4 Å². The third kappa shape index (κ3) is 6.41. The predicted octanol–water partition coefficient (Wildman–Crippen LogP) is 5.74. The van der Waals surface area contributed by atoms with Gasteiger partial charge in [0.25, 0.3) is 0 Å². The van der Waals surface area contributed by atoms with Gasteiger partial charge in [0.05, 0.1) is 5.69 Å². The molecule has 0 atom stereocenters. The molecule has 37 heavy (non-hydrogen) atoms. The Bertz CT molecular complexity index is 1290. The van der Waals surface area contributed by atoms with E-state index in [2.05, 4.69) is 32.7 Å². The summed E-state index contributed by atoms with van der Waals surface area (Å²) in [5.41, 5.74) is 8.61. The van der Waals surface area contributed by atoms with E-state index < -0.39 is 5.60 Å². The Hall–Kier alpha value is -3.14. The van der Waals surface area contributed by atoms with E-state index in [1.807, 2.05) is 37.5 Å². The number of anilines is 1. The lowest BCUT2D eigenvalue weighted by Gasteiger charge is -2.32. The predicted molar refractivity (Wildman–Crippen MR) is 145 cm³/mol. The molecule has 0 aliphatic carbocycles. The first-order chi connectivity index (χ1) is 17.3. The second kappa shape index (κ2) is 10.3. The zero-order valence-corrected chi connectivity index (χ0v) is 23.6. The van der Waals surface area contributed by atoms with Crippen molar-refractivity contribution in [3.05, 3.63) is 30.0 Å². The van der Waals surface area contributed by atoms with E-state index in [0.29, 0.717) is 36.5 Å². The average Bonchev–Trinajstić information content (AvgIpc) is 3.38. The van der Waals surface area contributed by atoms with Crippen LogP contribution in [-0.4, -0.2) is 51.0 Å². The molecule has 1 aromatic carbocycles. The molecule has 3 aromatic rings. The van der Waals surface area contributed by atoms with Crippen molar-refractivity contribution in [2.24, 2.45) is 5.41 Å². The second-order valence-electron chi connectivity index (χ2n) is 11.3. The van der Waals surface area contributed by atoms with Crippen molar-refractivity contribution < 1.29 is 19.0 Å². The Kier molecular flexibility index (Phi) is 7.50. The number of fused-ring (bicyclic) bond motifs is 2. The molecule has 1 amide bonds. The number of nitrogens with two attached hydrogens (primary N) is 1. The van der Waals surface area contributed by atoms with Gasteiger partial charge in [0.15, 0.2) is 22.3 Å². The molecule has 10 heteroatoms. The van der Waals surface area contributed by atoms with Crippen LogP contribution in [0.1, 0.15) is 54.0 Å². The summed E-state index contributed by atoms with van der Waals surface area (Å²) in [6.07, 6.45) is 2.18. The van der Waals surface area contributed by atoms with Crippen molar-refractivity contribution >= 4 is 34.7 Å². The quantitative estimate of drug-likeness (QED) is 0.415. The van der Waals surface area contributed by atoms with Crippen LogP contribution in [0.2, 0.25) is 0 Å². The molecule has 4 rings (SSSR count). The smallest absolute Gasteiger partial charge is 0.410 e. The van der Waals surface area contributed by atoms with Gasteiger partial charge >= 0.3 is 6.09 Å². The lowest BCUT2D eigenvalue weighted by molar-refractivity contribution is 0.0180. The summed E-state index contributed by atoms with van der Waals surface area (Å²) in [6.45, 7) is 15.7. The van der Waals surface area contributed by atoms with Crippen LogP contribution in [0.3, 0.4) is 0 Å². The van der Waals surface area contributed by atoms with Crippen LogP contribution in [0.4, 0.5) is 10.5 Å². The van der Waals surface area contributed by atoms with Gasteiger partial charge in [-0.25, -0.2) is 14.8 Å². The number of carbonyl (C=O) groups excluding carboxylic acids is 1. The molecule has 2 aromatic heterocycles. The molecular formula is C27H37N5O4S. The summed E-state index contributed by atoms with van der Waals surface area (Å²) < 4.78 is 18.9. The minimum absolute atomic E-state index is 0.101. The van der Waals surface area contributed by atoms with Crippen LogP contribution in [0, 0.1) is 5.41 Å². The number of aromatic nitrogens is 3. The van der Waals surface area contributed by atoms with Gasteiger partial charge in [0.1, 0.15) is 11.1 Å². The summed E-state index contributed by atoms with van der Waals surface area (Å²) >= 11 is 1.54. The summed E-state index contributed by atoms with van der Waals surface area (Å²) in [7, 11) is 0.